The molecule has 0 spiro atoms. The Hall–Kier alpha value is -2.87. The Morgan fingerprint density at radius 2 is 1.78 bits per heavy atom. The van der Waals surface area contributed by atoms with Crippen molar-refractivity contribution >= 4 is 27.6 Å². The molecule has 0 saturated heterocycles. The molecule has 0 bridgehead atoms. The third-order valence-electron chi connectivity index (χ3n) is 3.68. The fourth-order valence-corrected chi connectivity index (χ4v) is 3.43. The number of esters is 2. The van der Waals surface area contributed by atoms with Crippen molar-refractivity contribution in [3.8, 4) is 0 Å². The number of anilines is 1. The number of ether oxygens (including phenoxy) is 2. The quantitative estimate of drug-likeness (QED) is 0.549. The van der Waals surface area contributed by atoms with Gasteiger partial charge in [0.2, 0.25) is 0 Å². The highest BCUT2D eigenvalue weighted by molar-refractivity contribution is 7.92. The van der Waals surface area contributed by atoms with Crippen LogP contribution in [0.5, 0.6) is 0 Å². The van der Waals surface area contributed by atoms with Gasteiger partial charge in [0.25, 0.3) is 10.0 Å². The molecule has 0 aliphatic heterocycles. The lowest BCUT2D eigenvalue weighted by molar-refractivity contribution is -0.141. The highest BCUT2D eigenvalue weighted by Gasteiger charge is 2.15. The standard InChI is InChI=1S/C19H21NO6S/c1-14(21)26-12-4-6-15-5-3-7-17(13-15)20-27(23,24)18-10-8-16(9-11-18)19(22)25-2/h3,5,7-11,13,20H,4,6,12H2,1-2H3. The van der Waals surface area contributed by atoms with Crippen molar-refractivity contribution in [3.63, 3.8) is 0 Å². The van der Waals surface area contributed by atoms with E-state index in [1.54, 1.807) is 18.2 Å². The average Bonchev–Trinajstić information content (AvgIpc) is 2.64. The van der Waals surface area contributed by atoms with Crippen molar-refractivity contribution in [1.82, 2.24) is 0 Å². The van der Waals surface area contributed by atoms with Gasteiger partial charge in [-0.3, -0.25) is 9.52 Å². The van der Waals surface area contributed by atoms with Crippen LogP contribution in [0.1, 0.15) is 29.3 Å². The number of benzene rings is 2. The van der Waals surface area contributed by atoms with E-state index < -0.39 is 16.0 Å². The number of hydrogen-bond donors (Lipinski definition) is 1. The van der Waals surface area contributed by atoms with Crippen LogP contribution in [0.25, 0.3) is 0 Å². The van der Waals surface area contributed by atoms with E-state index in [1.165, 1.54) is 38.3 Å². The van der Waals surface area contributed by atoms with E-state index in [0.29, 0.717) is 25.1 Å². The van der Waals surface area contributed by atoms with Crippen molar-refractivity contribution in [1.29, 1.82) is 0 Å². The molecule has 0 atom stereocenters. The Labute approximate surface area is 158 Å². The Morgan fingerprint density at radius 3 is 2.41 bits per heavy atom. The van der Waals surface area contributed by atoms with Gasteiger partial charge in [0.05, 0.1) is 24.2 Å². The number of methoxy groups -OCH3 is 1. The lowest BCUT2D eigenvalue weighted by atomic mass is 10.1. The molecule has 1 N–H and O–H groups in total. The van der Waals surface area contributed by atoms with Crippen molar-refractivity contribution in [3.05, 3.63) is 59.7 Å². The van der Waals surface area contributed by atoms with E-state index in [9.17, 15) is 18.0 Å². The molecular weight excluding hydrogens is 370 g/mol. The summed E-state index contributed by atoms with van der Waals surface area (Å²) in [6.45, 7) is 1.67. The number of nitrogens with one attached hydrogen (secondary N) is 1. The Morgan fingerprint density at radius 1 is 1.07 bits per heavy atom. The summed E-state index contributed by atoms with van der Waals surface area (Å²) in [6.07, 6.45) is 1.29. The van der Waals surface area contributed by atoms with Crippen LogP contribution >= 0.6 is 0 Å². The van der Waals surface area contributed by atoms with Crippen LogP contribution in [0.15, 0.2) is 53.4 Å². The first-order valence-corrected chi connectivity index (χ1v) is 9.73. The molecule has 0 unspecified atom stereocenters. The van der Waals surface area contributed by atoms with E-state index in [0.717, 1.165) is 5.56 Å². The molecule has 0 aliphatic carbocycles. The normalized spacial score (nSPS) is 10.9. The van der Waals surface area contributed by atoms with Gasteiger partial charge in [-0.15, -0.1) is 0 Å². The molecule has 0 amide bonds. The highest BCUT2D eigenvalue weighted by Crippen LogP contribution is 2.19. The second kappa shape index (κ2) is 9.18. The number of carbonyl (C=O) groups excluding carboxylic acids is 2. The zero-order valence-corrected chi connectivity index (χ0v) is 15.9. The summed E-state index contributed by atoms with van der Waals surface area (Å²) in [4.78, 5) is 22.2. The second-order valence-electron chi connectivity index (χ2n) is 5.77. The summed E-state index contributed by atoms with van der Waals surface area (Å²) in [6, 6.07) is 12.5. The highest BCUT2D eigenvalue weighted by atomic mass is 32.2. The number of rotatable bonds is 8. The second-order valence-corrected chi connectivity index (χ2v) is 7.45. The van der Waals surface area contributed by atoms with E-state index in [1.807, 2.05) is 6.07 Å². The first kappa shape index (κ1) is 20.4. The van der Waals surface area contributed by atoms with Crippen LogP contribution in [-0.4, -0.2) is 34.1 Å². The van der Waals surface area contributed by atoms with Crippen molar-refractivity contribution in [2.75, 3.05) is 18.4 Å². The molecule has 144 valence electrons. The summed E-state index contributed by atoms with van der Waals surface area (Å²) < 4.78 is 37.0. The third-order valence-corrected chi connectivity index (χ3v) is 5.08. The summed E-state index contributed by atoms with van der Waals surface area (Å²) in [5, 5.41) is 0. The van der Waals surface area contributed by atoms with Crippen LogP contribution in [0.2, 0.25) is 0 Å². The summed E-state index contributed by atoms with van der Waals surface area (Å²) in [5.41, 5.74) is 1.62. The summed E-state index contributed by atoms with van der Waals surface area (Å²) in [7, 11) is -2.53. The lowest BCUT2D eigenvalue weighted by Crippen LogP contribution is -2.13. The Balaban J connectivity index is 2.05. The molecule has 0 radical (unpaired) electrons. The maximum atomic E-state index is 12.5. The monoisotopic (exact) mass is 391 g/mol. The van der Waals surface area contributed by atoms with E-state index >= 15 is 0 Å². The average molecular weight is 391 g/mol. The van der Waals surface area contributed by atoms with Crippen LogP contribution in [0.4, 0.5) is 5.69 Å². The van der Waals surface area contributed by atoms with Gasteiger partial charge in [-0.25, -0.2) is 13.2 Å². The maximum Gasteiger partial charge on any atom is 0.337 e. The molecule has 27 heavy (non-hydrogen) atoms. The minimum atomic E-state index is -3.79. The zero-order chi connectivity index (χ0) is 19.9. The van der Waals surface area contributed by atoms with Gasteiger partial charge in [0.15, 0.2) is 0 Å². The van der Waals surface area contributed by atoms with Crippen LogP contribution in [0, 0.1) is 0 Å². The number of carbonyl (C=O) groups is 2. The number of sulfonamides is 1. The molecule has 2 aromatic carbocycles. The van der Waals surface area contributed by atoms with Gasteiger partial charge in [0.1, 0.15) is 0 Å². The molecule has 0 aromatic heterocycles. The molecule has 0 aliphatic rings. The van der Waals surface area contributed by atoms with Gasteiger partial charge in [0, 0.05) is 12.6 Å². The Bertz CT molecular complexity index is 906. The smallest absolute Gasteiger partial charge is 0.337 e. The maximum absolute atomic E-state index is 12.5. The fraction of sp³-hybridized carbons (Fsp3) is 0.263. The van der Waals surface area contributed by atoms with Crippen LogP contribution in [-0.2, 0) is 30.7 Å². The lowest BCUT2D eigenvalue weighted by Gasteiger charge is -2.10. The first-order chi connectivity index (χ1) is 12.8. The molecule has 8 heteroatoms. The predicted molar refractivity (Wildman–Crippen MR) is 100.0 cm³/mol. The predicted octanol–water partition coefficient (Wildman–Crippen LogP) is 2.77. The van der Waals surface area contributed by atoms with Crippen molar-refractivity contribution in [2.24, 2.45) is 0 Å². The first-order valence-electron chi connectivity index (χ1n) is 8.25. The van der Waals surface area contributed by atoms with Crippen LogP contribution in [0.3, 0.4) is 0 Å². The van der Waals surface area contributed by atoms with Gasteiger partial charge >= 0.3 is 11.9 Å². The van der Waals surface area contributed by atoms with Crippen LogP contribution < -0.4 is 4.72 Å². The van der Waals surface area contributed by atoms with E-state index in [-0.39, 0.29) is 16.4 Å². The Kier molecular flexibility index (Phi) is 6.95. The van der Waals surface area contributed by atoms with Gasteiger partial charge in [-0.2, -0.15) is 0 Å². The van der Waals surface area contributed by atoms with E-state index in [2.05, 4.69) is 9.46 Å². The SMILES string of the molecule is COC(=O)c1ccc(S(=O)(=O)Nc2cccc(CCCOC(C)=O)c2)cc1. The number of aryl methyl sites for hydroxylation is 1. The largest absolute Gasteiger partial charge is 0.466 e. The summed E-state index contributed by atoms with van der Waals surface area (Å²) >= 11 is 0. The van der Waals surface area contributed by atoms with E-state index in [4.69, 9.17) is 4.74 Å². The molecule has 7 nitrogen and oxygen atoms in total. The minimum absolute atomic E-state index is 0.0374. The fourth-order valence-electron chi connectivity index (χ4n) is 2.38. The molecule has 0 fully saturated rings. The topological polar surface area (TPSA) is 98.8 Å². The van der Waals surface area contributed by atoms with Gasteiger partial charge in [-0.05, 0) is 54.8 Å². The van der Waals surface area contributed by atoms with Crippen molar-refractivity contribution in [2.45, 2.75) is 24.7 Å². The molecular formula is C19H21NO6S. The molecule has 2 rings (SSSR count). The van der Waals surface area contributed by atoms with Gasteiger partial charge < -0.3 is 9.47 Å². The zero-order valence-electron chi connectivity index (χ0n) is 15.1. The molecule has 0 heterocycles. The molecule has 0 saturated carbocycles. The summed E-state index contributed by atoms with van der Waals surface area (Å²) in [5.74, 6) is -0.858. The van der Waals surface area contributed by atoms with Crippen molar-refractivity contribution < 1.29 is 27.5 Å². The minimum Gasteiger partial charge on any atom is -0.466 e. The molecule has 2 aromatic rings. The number of hydrogen-bond acceptors (Lipinski definition) is 6. The van der Waals surface area contributed by atoms with Gasteiger partial charge in [-0.1, -0.05) is 12.1 Å². The third kappa shape index (κ3) is 6.10.